The number of carbonyl (C=O) groups excluding carboxylic acids is 3. The topological polar surface area (TPSA) is 214 Å². The molecule has 3 heterocycles. The summed E-state index contributed by atoms with van der Waals surface area (Å²) in [6.45, 7) is 0.906. The van der Waals surface area contributed by atoms with Crippen molar-refractivity contribution in [2.75, 3.05) is 30.4 Å². The molecule has 3 rings (SSSR count). The SMILES string of the molecule is CC(=O)NCCSC1=C(C(=O)O)N2C(=O)[C@@H](NC(=O)/C(=N\OCC(=O)O)c3csc(N)n3)[C@@H]2SC1. The molecule has 0 saturated carbocycles. The number of anilines is 1. The van der Waals surface area contributed by atoms with Crippen molar-refractivity contribution in [1.29, 1.82) is 0 Å². The number of amides is 3. The molecule has 3 amide bonds. The van der Waals surface area contributed by atoms with Crippen LogP contribution in [-0.2, 0) is 28.8 Å². The average Bonchev–Trinajstić information content (AvgIpc) is 3.22. The number of thioether (sulfide) groups is 2. The molecule has 1 fully saturated rings. The Bertz CT molecular complexity index is 1120. The highest BCUT2D eigenvalue weighted by Gasteiger charge is 2.54. The third-order valence-corrected chi connectivity index (χ3v) is 7.73. The number of fused-ring (bicyclic) bond motifs is 1. The number of thiazole rings is 1. The van der Waals surface area contributed by atoms with Crippen LogP contribution in [0.5, 0.6) is 0 Å². The highest BCUT2D eigenvalue weighted by atomic mass is 32.2. The monoisotopic (exact) mass is 544 g/mol. The summed E-state index contributed by atoms with van der Waals surface area (Å²) in [5.74, 6) is -3.58. The van der Waals surface area contributed by atoms with E-state index in [-0.39, 0.29) is 28.1 Å². The van der Waals surface area contributed by atoms with Crippen LogP contribution >= 0.6 is 34.9 Å². The van der Waals surface area contributed by atoms with Gasteiger partial charge in [0, 0.05) is 35.3 Å². The summed E-state index contributed by atoms with van der Waals surface area (Å²) in [5.41, 5.74) is 5.08. The van der Waals surface area contributed by atoms with Crippen molar-refractivity contribution in [3.8, 4) is 0 Å². The number of aromatic nitrogens is 1. The summed E-state index contributed by atoms with van der Waals surface area (Å²) in [6.07, 6.45) is 0. The molecule has 0 bridgehead atoms. The molecule has 0 aromatic carbocycles. The van der Waals surface area contributed by atoms with E-state index in [9.17, 15) is 29.1 Å². The van der Waals surface area contributed by atoms with Gasteiger partial charge in [0.2, 0.25) is 12.5 Å². The zero-order valence-corrected chi connectivity index (χ0v) is 20.5. The molecule has 1 aromatic rings. The predicted octanol–water partition coefficient (Wildman–Crippen LogP) is -0.904. The van der Waals surface area contributed by atoms with E-state index in [2.05, 4.69) is 25.6 Å². The smallest absolute Gasteiger partial charge is 0.353 e. The molecule has 0 spiro atoms. The van der Waals surface area contributed by atoms with Gasteiger partial charge in [0.15, 0.2) is 10.8 Å². The molecule has 17 heteroatoms. The Morgan fingerprint density at radius 1 is 1.37 bits per heavy atom. The van der Waals surface area contributed by atoms with Crippen LogP contribution in [0.25, 0.3) is 0 Å². The molecule has 2 aliphatic rings. The lowest BCUT2D eigenvalue weighted by atomic mass is 10.0. The number of nitrogen functional groups attached to an aromatic ring is 1. The van der Waals surface area contributed by atoms with Crippen LogP contribution in [0.1, 0.15) is 12.6 Å². The highest BCUT2D eigenvalue weighted by molar-refractivity contribution is 8.06. The minimum Gasteiger partial charge on any atom is -0.479 e. The second-order valence-electron chi connectivity index (χ2n) is 6.95. The molecule has 0 aliphatic carbocycles. The van der Waals surface area contributed by atoms with Crippen molar-refractivity contribution < 1.29 is 39.0 Å². The van der Waals surface area contributed by atoms with E-state index in [0.29, 0.717) is 23.0 Å². The van der Waals surface area contributed by atoms with Crippen molar-refractivity contribution in [3.63, 3.8) is 0 Å². The van der Waals surface area contributed by atoms with Crippen LogP contribution in [0.3, 0.4) is 0 Å². The lowest BCUT2D eigenvalue weighted by molar-refractivity contribution is -0.150. The van der Waals surface area contributed by atoms with Crippen LogP contribution in [-0.4, -0.2) is 91.5 Å². The number of oxime groups is 1. The first-order valence-corrected chi connectivity index (χ1v) is 12.7. The van der Waals surface area contributed by atoms with Gasteiger partial charge in [-0.3, -0.25) is 19.3 Å². The Morgan fingerprint density at radius 2 is 2.11 bits per heavy atom. The number of carbonyl (C=O) groups is 5. The number of aliphatic carboxylic acids is 2. The number of rotatable bonds is 11. The molecule has 14 nitrogen and oxygen atoms in total. The molecule has 0 unspecified atom stereocenters. The van der Waals surface area contributed by atoms with Crippen molar-refractivity contribution in [1.82, 2.24) is 20.5 Å². The molecule has 0 radical (unpaired) electrons. The number of carboxylic acids is 2. The Balaban J connectivity index is 1.72. The zero-order valence-electron chi connectivity index (χ0n) is 18.0. The van der Waals surface area contributed by atoms with Crippen LogP contribution in [0.15, 0.2) is 21.1 Å². The maximum Gasteiger partial charge on any atom is 0.353 e. The van der Waals surface area contributed by atoms with Gasteiger partial charge in [-0.2, -0.15) is 0 Å². The number of nitrogens with two attached hydrogens (primary N) is 1. The standard InChI is InChI=1S/C18H20N6O8S3/c1-7(25)20-2-3-33-9-6-34-16-12(15(29)24(16)13(9)17(30)31)22-14(28)11(23-32-4-10(26)27)8-5-35-18(19)21-8/h5,12,16H,2-4,6H2,1H3,(H2,19,21)(H,20,25)(H,22,28)(H,26,27)(H,30,31)/b23-11-/t12-,16+/m1/s1. The lowest BCUT2D eigenvalue weighted by Crippen LogP contribution is -2.71. The van der Waals surface area contributed by atoms with Crippen LogP contribution in [0.2, 0.25) is 0 Å². The first kappa shape index (κ1) is 26.3. The third kappa shape index (κ3) is 6.23. The van der Waals surface area contributed by atoms with E-state index in [1.165, 1.54) is 35.8 Å². The van der Waals surface area contributed by atoms with Crippen molar-refractivity contribution in [2.24, 2.45) is 5.16 Å². The van der Waals surface area contributed by atoms with Crippen LogP contribution in [0.4, 0.5) is 5.13 Å². The summed E-state index contributed by atoms with van der Waals surface area (Å²) in [6, 6.07) is -1.05. The van der Waals surface area contributed by atoms with E-state index < -0.39 is 41.8 Å². The first-order valence-electron chi connectivity index (χ1n) is 9.82. The fourth-order valence-corrected chi connectivity index (χ4v) is 6.12. The van der Waals surface area contributed by atoms with Gasteiger partial charge in [-0.05, 0) is 0 Å². The average molecular weight is 545 g/mol. The molecule has 35 heavy (non-hydrogen) atoms. The zero-order chi connectivity index (χ0) is 25.7. The Labute approximate surface area is 210 Å². The Hall–Kier alpha value is -3.31. The molecule has 1 saturated heterocycles. The van der Waals surface area contributed by atoms with Gasteiger partial charge >= 0.3 is 11.9 Å². The van der Waals surface area contributed by atoms with E-state index in [1.807, 2.05) is 0 Å². The number of nitrogens with one attached hydrogen (secondary N) is 2. The maximum absolute atomic E-state index is 12.9. The summed E-state index contributed by atoms with van der Waals surface area (Å²) in [4.78, 5) is 69.5. The van der Waals surface area contributed by atoms with Gasteiger partial charge in [-0.25, -0.2) is 14.6 Å². The Morgan fingerprint density at radius 3 is 2.71 bits per heavy atom. The van der Waals surface area contributed by atoms with Gasteiger partial charge < -0.3 is 31.4 Å². The summed E-state index contributed by atoms with van der Waals surface area (Å²) in [5, 5.41) is 28.0. The van der Waals surface area contributed by atoms with E-state index in [4.69, 9.17) is 10.8 Å². The van der Waals surface area contributed by atoms with Crippen molar-refractivity contribution in [3.05, 3.63) is 21.7 Å². The molecular weight excluding hydrogens is 524 g/mol. The summed E-state index contributed by atoms with van der Waals surface area (Å²) >= 11 is 3.52. The van der Waals surface area contributed by atoms with Gasteiger partial charge in [0.25, 0.3) is 11.8 Å². The number of hydrogen-bond acceptors (Lipinski definition) is 12. The second kappa shape index (κ2) is 11.4. The minimum absolute atomic E-state index is 0.0271. The number of carboxylic acid groups (broad SMARTS) is 2. The van der Waals surface area contributed by atoms with Gasteiger partial charge in [0.05, 0.1) is 0 Å². The number of hydrogen-bond donors (Lipinski definition) is 5. The van der Waals surface area contributed by atoms with E-state index >= 15 is 0 Å². The predicted molar refractivity (Wildman–Crippen MR) is 127 cm³/mol. The highest BCUT2D eigenvalue weighted by Crippen LogP contribution is 2.43. The van der Waals surface area contributed by atoms with E-state index in [1.54, 1.807) is 0 Å². The van der Waals surface area contributed by atoms with Crippen LogP contribution in [0, 0.1) is 0 Å². The summed E-state index contributed by atoms with van der Waals surface area (Å²) < 4.78 is 0. The van der Waals surface area contributed by atoms with Crippen molar-refractivity contribution in [2.45, 2.75) is 18.3 Å². The molecule has 1 aromatic heterocycles. The maximum atomic E-state index is 12.9. The largest absolute Gasteiger partial charge is 0.479 e. The lowest BCUT2D eigenvalue weighted by Gasteiger charge is -2.49. The quantitative estimate of drug-likeness (QED) is 0.0991. The Kier molecular flexibility index (Phi) is 8.57. The number of nitrogens with zero attached hydrogens (tertiary/aromatic N) is 3. The van der Waals surface area contributed by atoms with Gasteiger partial charge in [-0.15, -0.1) is 34.9 Å². The summed E-state index contributed by atoms with van der Waals surface area (Å²) in [7, 11) is 0. The van der Waals surface area contributed by atoms with E-state index in [0.717, 1.165) is 16.2 Å². The first-order chi connectivity index (χ1) is 16.6. The van der Waals surface area contributed by atoms with Gasteiger partial charge in [0.1, 0.15) is 22.8 Å². The van der Waals surface area contributed by atoms with Crippen LogP contribution < -0.4 is 16.4 Å². The fraction of sp³-hybridized carbons (Fsp3) is 0.389. The third-order valence-electron chi connectivity index (χ3n) is 4.50. The second-order valence-corrected chi connectivity index (χ2v) is 10.1. The molecular formula is C18H20N6O8S3. The normalized spacial score (nSPS) is 19.5. The number of β-lactam (4-membered cyclic amide) rings is 1. The molecule has 188 valence electrons. The van der Waals surface area contributed by atoms with Crippen molar-refractivity contribution >= 4 is 75.4 Å². The molecule has 2 aliphatic heterocycles. The molecule has 6 N–H and O–H groups in total. The molecule has 2 atom stereocenters. The fourth-order valence-electron chi connectivity index (χ4n) is 3.07. The van der Waals surface area contributed by atoms with Gasteiger partial charge in [-0.1, -0.05) is 5.16 Å². The minimum atomic E-state index is -1.31.